The van der Waals surface area contributed by atoms with Gasteiger partial charge < -0.3 is 0 Å². The average Bonchev–Trinajstić information content (AvgIpc) is 2.77. The van der Waals surface area contributed by atoms with Gasteiger partial charge in [0.25, 0.3) is 0 Å². The van der Waals surface area contributed by atoms with Gasteiger partial charge in [-0.25, -0.2) is 0 Å². The first-order valence-electron chi connectivity index (χ1n) is 9.72. The summed E-state index contributed by atoms with van der Waals surface area (Å²) >= 11 is 3.47. The van der Waals surface area contributed by atoms with Crippen molar-refractivity contribution in [3.8, 4) is 0 Å². The van der Waals surface area contributed by atoms with E-state index < -0.39 is 0 Å². The van der Waals surface area contributed by atoms with Gasteiger partial charge in [0.15, 0.2) is 5.78 Å². The third kappa shape index (κ3) is 4.47. The fourth-order valence-corrected chi connectivity index (χ4v) is 3.69. The molecule has 0 aliphatic heterocycles. The zero-order valence-corrected chi connectivity index (χ0v) is 18.1. The molecule has 1 aromatic heterocycles. The van der Waals surface area contributed by atoms with Gasteiger partial charge in [-0.3, -0.25) is 9.78 Å². The van der Waals surface area contributed by atoms with E-state index in [0.717, 1.165) is 37.8 Å². The van der Waals surface area contributed by atoms with E-state index in [1.54, 1.807) is 6.08 Å². The first-order chi connectivity index (χ1) is 14.6. The molecule has 2 nitrogen and oxygen atoms in total. The van der Waals surface area contributed by atoms with E-state index in [-0.39, 0.29) is 5.78 Å². The highest BCUT2D eigenvalue weighted by atomic mass is 79.9. The zero-order chi connectivity index (χ0) is 20.9. The van der Waals surface area contributed by atoms with Crippen molar-refractivity contribution in [3.05, 3.63) is 117 Å². The molecule has 3 heteroatoms. The molecule has 30 heavy (non-hydrogen) atoms. The minimum atomic E-state index is -0.0509. The van der Waals surface area contributed by atoms with Crippen molar-refractivity contribution in [3.63, 3.8) is 0 Å². The molecule has 0 aliphatic carbocycles. The summed E-state index contributed by atoms with van der Waals surface area (Å²) in [6, 6.07) is 25.8. The number of carbonyl (C=O) groups excluding carboxylic acids is 1. The van der Waals surface area contributed by atoms with Gasteiger partial charge in [0.1, 0.15) is 0 Å². The quantitative estimate of drug-likeness (QED) is 0.233. The number of aromatic nitrogens is 1. The monoisotopic (exact) mass is 453 g/mol. The number of halogens is 1. The summed E-state index contributed by atoms with van der Waals surface area (Å²) < 4.78 is 1.03. The molecule has 0 unspecified atom stereocenters. The van der Waals surface area contributed by atoms with Crippen LogP contribution in [0.15, 0.2) is 89.4 Å². The molecule has 3 aromatic carbocycles. The van der Waals surface area contributed by atoms with Crippen LogP contribution in [0.5, 0.6) is 0 Å². The molecule has 4 aromatic rings. The molecule has 4 rings (SSSR count). The molecule has 0 aliphatic rings. The van der Waals surface area contributed by atoms with Crippen LogP contribution in [0.2, 0.25) is 0 Å². The Labute approximate surface area is 184 Å². The fourth-order valence-electron chi connectivity index (χ4n) is 3.42. The lowest BCUT2D eigenvalue weighted by molar-refractivity contribution is 0.104. The van der Waals surface area contributed by atoms with Crippen LogP contribution in [0.1, 0.15) is 32.7 Å². The van der Waals surface area contributed by atoms with E-state index in [4.69, 9.17) is 0 Å². The molecule has 0 amide bonds. The maximum atomic E-state index is 13.2. The van der Waals surface area contributed by atoms with Crippen LogP contribution in [0.25, 0.3) is 29.1 Å². The third-order valence-corrected chi connectivity index (χ3v) is 5.43. The third-order valence-electron chi connectivity index (χ3n) is 4.90. The lowest BCUT2D eigenvalue weighted by Crippen LogP contribution is -2.05. The number of carbonyl (C=O) groups is 1. The topological polar surface area (TPSA) is 30.0 Å². The molecule has 0 atom stereocenters. The molecule has 0 radical (unpaired) electrons. The maximum Gasteiger partial charge on any atom is 0.188 e. The van der Waals surface area contributed by atoms with Crippen LogP contribution in [0.4, 0.5) is 0 Å². The molecule has 0 saturated carbocycles. The van der Waals surface area contributed by atoms with Crippen LogP contribution in [0, 0.1) is 6.92 Å². The van der Waals surface area contributed by atoms with Crippen LogP contribution in [-0.4, -0.2) is 10.8 Å². The number of pyridine rings is 1. The van der Waals surface area contributed by atoms with Crippen molar-refractivity contribution in [2.45, 2.75) is 6.92 Å². The number of benzene rings is 3. The number of allylic oxidation sites excluding steroid dienone is 1. The zero-order valence-electron chi connectivity index (χ0n) is 16.5. The van der Waals surface area contributed by atoms with Gasteiger partial charge in [-0.15, -0.1) is 0 Å². The second-order valence-corrected chi connectivity index (χ2v) is 7.91. The van der Waals surface area contributed by atoms with Crippen LogP contribution in [-0.2, 0) is 0 Å². The van der Waals surface area contributed by atoms with E-state index >= 15 is 0 Å². The van der Waals surface area contributed by atoms with Gasteiger partial charge in [-0.05, 0) is 47.9 Å². The molecule has 0 spiro atoms. The molecule has 0 fully saturated rings. The molecule has 146 valence electrons. The van der Waals surface area contributed by atoms with Crippen LogP contribution in [0.3, 0.4) is 0 Å². The van der Waals surface area contributed by atoms with Crippen molar-refractivity contribution < 1.29 is 4.79 Å². The summed E-state index contributed by atoms with van der Waals surface area (Å²) in [6.07, 6.45) is 7.53. The van der Waals surface area contributed by atoms with E-state index in [1.165, 1.54) is 0 Å². The summed E-state index contributed by atoms with van der Waals surface area (Å²) in [6.45, 7) is 1.90. The summed E-state index contributed by atoms with van der Waals surface area (Å²) in [5, 5.41) is 0.966. The highest BCUT2D eigenvalue weighted by molar-refractivity contribution is 9.10. The lowest BCUT2D eigenvalue weighted by atomic mass is 9.96. The van der Waals surface area contributed by atoms with Crippen molar-refractivity contribution in [2.24, 2.45) is 0 Å². The van der Waals surface area contributed by atoms with E-state index in [1.807, 2.05) is 104 Å². The predicted octanol–water partition coefficient (Wildman–Crippen LogP) is 7.37. The predicted molar refractivity (Wildman–Crippen MR) is 129 cm³/mol. The standard InChI is InChI=1S/C27H20BrNO/c1-19-27(26(30)18-14-20-7-3-2-4-8-20)24(23-9-5-6-10-25(23)29-19)17-13-21-11-15-22(28)16-12-21/h2-18H,1H3/b17-13+,18-14+. The highest BCUT2D eigenvalue weighted by Gasteiger charge is 2.15. The van der Waals surface area contributed by atoms with Crippen LogP contribution < -0.4 is 0 Å². The Morgan fingerprint density at radius 1 is 0.800 bits per heavy atom. The van der Waals surface area contributed by atoms with Gasteiger partial charge in [0, 0.05) is 15.6 Å². The highest BCUT2D eigenvalue weighted by Crippen LogP contribution is 2.27. The largest absolute Gasteiger partial charge is 0.289 e. The number of hydrogen-bond donors (Lipinski definition) is 0. The number of fused-ring (bicyclic) bond motifs is 1. The summed E-state index contributed by atoms with van der Waals surface area (Å²) in [4.78, 5) is 17.9. The summed E-state index contributed by atoms with van der Waals surface area (Å²) in [5.74, 6) is -0.0509. The first kappa shape index (κ1) is 20.0. The van der Waals surface area contributed by atoms with E-state index in [9.17, 15) is 4.79 Å². The van der Waals surface area contributed by atoms with E-state index in [2.05, 4.69) is 20.9 Å². The lowest BCUT2D eigenvalue weighted by Gasteiger charge is -2.11. The maximum absolute atomic E-state index is 13.2. The Bertz CT molecular complexity index is 1260. The second kappa shape index (κ2) is 9.02. The van der Waals surface area contributed by atoms with Gasteiger partial charge in [-0.2, -0.15) is 0 Å². The molecular formula is C27H20BrNO. The summed E-state index contributed by atoms with van der Waals surface area (Å²) in [5.41, 5.74) is 5.19. The SMILES string of the molecule is Cc1nc2ccccc2c(/C=C/c2ccc(Br)cc2)c1C(=O)/C=C/c1ccccc1. The number of hydrogen-bond acceptors (Lipinski definition) is 2. The fraction of sp³-hybridized carbons (Fsp3) is 0.0370. The molecular weight excluding hydrogens is 434 g/mol. The Morgan fingerprint density at radius 3 is 2.23 bits per heavy atom. The number of rotatable bonds is 5. The summed E-state index contributed by atoms with van der Waals surface area (Å²) in [7, 11) is 0. The minimum absolute atomic E-state index is 0.0509. The number of nitrogens with zero attached hydrogens (tertiary/aromatic N) is 1. The van der Waals surface area contributed by atoms with Crippen molar-refractivity contribution in [1.29, 1.82) is 0 Å². The van der Waals surface area contributed by atoms with Crippen LogP contribution >= 0.6 is 15.9 Å². The van der Waals surface area contributed by atoms with Gasteiger partial charge >= 0.3 is 0 Å². The minimum Gasteiger partial charge on any atom is -0.289 e. The Hall–Kier alpha value is -3.30. The van der Waals surface area contributed by atoms with Gasteiger partial charge in [0.2, 0.25) is 0 Å². The van der Waals surface area contributed by atoms with E-state index in [0.29, 0.717) is 5.56 Å². The normalized spacial score (nSPS) is 11.5. The average molecular weight is 454 g/mol. The molecule has 1 heterocycles. The smallest absolute Gasteiger partial charge is 0.188 e. The number of aryl methyl sites for hydroxylation is 1. The molecule has 0 bridgehead atoms. The molecule has 0 saturated heterocycles. The van der Waals surface area contributed by atoms with Crippen molar-refractivity contribution in [2.75, 3.05) is 0 Å². The number of ketones is 1. The van der Waals surface area contributed by atoms with Gasteiger partial charge in [0.05, 0.1) is 11.1 Å². The second-order valence-electron chi connectivity index (χ2n) is 7.00. The Kier molecular flexibility index (Phi) is 6.01. The van der Waals surface area contributed by atoms with Crippen molar-refractivity contribution >= 4 is 50.8 Å². The number of para-hydroxylation sites is 1. The van der Waals surface area contributed by atoms with Gasteiger partial charge in [-0.1, -0.05) is 94.8 Å². The first-order valence-corrected chi connectivity index (χ1v) is 10.5. The Balaban J connectivity index is 1.81. The van der Waals surface area contributed by atoms with Crippen molar-refractivity contribution in [1.82, 2.24) is 4.98 Å². The Morgan fingerprint density at radius 2 is 1.47 bits per heavy atom. The molecule has 0 N–H and O–H groups in total.